The maximum atomic E-state index is 13.0. The molecule has 0 spiro atoms. The molecule has 1 saturated heterocycles. The molecular formula is C22H27N3O2. The molecule has 3 rings (SSSR count). The van der Waals surface area contributed by atoms with Crippen molar-refractivity contribution in [2.24, 2.45) is 5.73 Å². The van der Waals surface area contributed by atoms with Crippen molar-refractivity contribution in [3.8, 4) is 0 Å². The predicted molar refractivity (Wildman–Crippen MR) is 106 cm³/mol. The number of nitrogens with two attached hydrogens (primary N) is 1. The van der Waals surface area contributed by atoms with Crippen LogP contribution in [0.3, 0.4) is 0 Å². The van der Waals surface area contributed by atoms with Crippen LogP contribution in [0.25, 0.3) is 0 Å². The lowest BCUT2D eigenvalue weighted by Gasteiger charge is -2.28. The number of amides is 2. The van der Waals surface area contributed by atoms with E-state index in [9.17, 15) is 9.59 Å². The normalized spacial score (nSPS) is 17.0. The van der Waals surface area contributed by atoms with E-state index in [4.69, 9.17) is 5.73 Å². The van der Waals surface area contributed by atoms with Crippen LogP contribution < -0.4 is 5.73 Å². The third-order valence-corrected chi connectivity index (χ3v) is 5.08. The SMILES string of the molecule is NC(=O)CCN(Cc1ccccc1)C(=O)CN1CCC[C@@H]1c1ccccc1. The van der Waals surface area contributed by atoms with Gasteiger partial charge in [0.1, 0.15) is 0 Å². The molecule has 27 heavy (non-hydrogen) atoms. The molecule has 1 heterocycles. The summed E-state index contributed by atoms with van der Waals surface area (Å²) in [6, 6.07) is 20.5. The first-order chi connectivity index (χ1) is 13.1. The van der Waals surface area contributed by atoms with E-state index in [-0.39, 0.29) is 24.3 Å². The zero-order chi connectivity index (χ0) is 19.1. The summed E-state index contributed by atoms with van der Waals surface area (Å²) in [4.78, 5) is 28.3. The van der Waals surface area contributed by atoms with E-state index in [0.717, 1.165) is 24.9 Å². The smallest absolute Gasteiger partial charge is 0.237 e. The quantitative estimate of drug-likeness (QED) is 0.782. The largest absolute Gasteiger partial charge is 0.370 e. The van der Waals surface area contributed by atoms with E-state index in [2.05, 4.69) is 17.0 Å². The summed E-state index contributed by atoms with van der Waals surface area (Å²) in [5, 5.41) is 0. The van der Waals surface area contributed by atoms with Crippen molar-refractivity contribution in [1.82, 2.24) is 9.80 Å². The highest BCUT2D eigenvalue weighted by Gasteiger charge is 2.29. The minimum Gasteiger partial charge on any atom is -0.370 e. The fraction of sp³-hybridized carbons (Fsp3) is 0.364. The molecule has 0 aliphatic carbocycles. The highest BCUT2D eigenvalue weighted by molar-refractivity contribution is 5.80. The first kappa shape index (κ1) is 19.1. The molecule has 2 amide bonds. The zero-order valence-corrected chi connectivity index (χ0v) is 15.6. The maximum absolute atomic E-state index is 13.0. The highest BCUT2D eigenvalue weighted by atomic mass is 16.2. The Labute approximate surface area is 160 Å². The van der Waals surface area contributed by atoms with Gasteiger partial charge in [0.15, 0.2) is 0 Å². The van der Waals surface area contributed by atoms with Crippen molar-refractivity contribution in [1.29, 1.82) is 0 Å². The Morgan fingerprint density at radius 2 is 1.70 bits per heavy atom. The first-order valence-electron chi connectivity index (χ1n) is 9.52. The molecule has 2 aromatic carbocycles. The summed E-state index contributed by atoms with van der Waals surface area (Å²) in [6.07, 6.45) is 2.34. The van der Waals surface area contributed by atoms with Crippen LogP contribution >= 0.6 is 0 Å². The molecule has 1 fully saturated rings. The van der Waals surface area contributed by atoms with Crippen LogP contribution in [0.1, 0.15) is 36.4 Å². The second-order valence-electron chi connectivity index (χ2n) is 7.06. The Balaban J connectivity index is 1.68. The van der Waals surface area contributed by atoms with E-state index in [1.807, 2.05) is 48.5 Å². The average Bonchev–Trinajstić information content (AvgIpc) is 3.14. The Hall–Kier alpha value is -2.66. The van der Waals surface area contributed by atoms with E-state index in [0.29, 0.717) is 19.6 Å². The summed E-state index contributed by atoms with van der Waals surface area (Å²) < 4.78 is 0. The van der Waals surface area contributed by atoms with Crippen LogP contribution in [0.5, 0.6) is 0 Å². The lowest BCUT2D eigenvalue weighted by Crippen LogP contribution is -2.41. The molecule has 5 nitrogen and oxygen atoms in total. The summed E-state index contributed by atoms with van der Waals surface area (Å²) in [7, 11) is 0. The standard InChI is InChI=1S/C22H27N3O2/c23-21(26)13-15-25(16-18-8-3-1-4-9-18)22(27)17-24-14-7-12-20(24)19-10-5-2-6-11-19/h1-6,8-11,20H,7,12-17H2,(H2,23,26)/t20-/m1/s1. The Morgan fingerprint density at radius 3 is 2.37 bits per heavy atom. The molecule has 1 aliphatic rings. The molecular weight excluding hydrogens is 338 g/mol. The van der Waals surface area contributed by atoms with Gasteiger partial charge in [-0.15, -0.1) is 0 Å². The third-order valence-electron chi connectivity index (χ3n) is 5.08. The van der Waals surface area contributed by atoms with E-state index >= 15 is 0 Å². The van der Waals surface area contributed by atoms with Crippen molar-refractivity contribution in [3.63, 3.8) is 0 Å². The molecule has 1 aliphatic heterocycles. The number of carbonyl (C=O) groups is 2. The van der Waals surface area contributed by atoms with Gasteiger partial charge in [-0.05, 0) is 30.5 Å². The van der Waals surface area contributed by atoms with E-state index in [1.54, 1.807) is 4.90 Å². The average molecular weight is 365 g/mol. The van der Waals surface area contributed by atoms with Gasteiger partial charge in [-0.3, -0.25) is 14.5 Å². The Bertz CT molecular complexity index is 749. The van der Waals surface area contributed by atoms with Crippen LogP contribution in [0.15, 0.2) is 60.7 Å². The van der Waals surface area contributed by atoms with Gasteiger partial charge in [0.05, 0.1) is 6.54 Å². The number of hydrogen-bond acceptors (Lipinski definition) is 3. The predicted octanol–water partition coefficient (Wildman–Crippen LogP) is 2.73. The minimum atomic E-state index is -0.385. The summed E-state index contributed by atoms with van der Waals surface area (Å²) >= 11 is 0. The van der Waals surface area contributed by atoms with Gasteiger partial charge in [0, 0.05) is 25.6 Å². The van der Waals surface area contributed by atoms with Gasteiger partial charge >= 0.3 is 0 Å². The number of rotatable bonds is 8. The number of carbonyl (C=O) groups excluding carboxylic acids is 2. The van der Waals surface area contributed by atoms with Gasteiger partial charge in [0.25, 0.3) is 0 Å². The minimum absolute atomic E-state index is 0.0444. The second kappa shape index (κ2) is 9.33. The molecule has 142 valence electrons. The first-order valence-corrected chi connectivity index (χ1v) is 9.52. The number of primary amides is 1. The molecule has 0 bridgehead atoms. The monoisotopic (exact) mass is 365 g/mol. The Kier molecular flexibility index (Phi) is 6.60. The molecule has 0 unspecified atom stereocenters. The molecule has 0 saturated carbocycles. The molecule has 1 atom stereocenters. The maximum Gasteiger partial charge on any atom is 0.237 e. The summed E-state index contributed by atoms with van der Waals surface area (Å²) in [6.45, 7) is 2.13. The molecule has 5 heteroatoms. The van der Waals surface area contributed by atoms with Crippen molar-refractivity contribution >= 4 is 11.8 Å². The number of benzene rings is 2. The van der Waals surface area contributed by atoms with Gasteiger partial charge in [-0.2, -0.15) is 0 Å². The van der Waals surface area contributed by atoms with Crippen LogP contribution in [0, 0.1) is 0 Å². The number of hydrogen-bond donors (Lipinski definition) is 1. The third kappa shape index (κ3) is 5.41. The van der Waals surface area contributed by atoms with Gasteiger partial charge in [0.2, 0.25) is 11.8 Å². The lowest BCUT2D eigenvalue weighted by atomic mass is 10.0. The molecule has 0 radical (unpaired) electrons. The van der Waals surface area contributed by atoms with Crippen molar-refractivity contribution in [3.05, 3.63) is 71.8 Å². The van der Waals surface area contributed by atoms with Crippen LogP contribution in [-0.4, -0.2) is 41.2 Å². The van der Waals surface area contributed by atoms with Crippen molar-refractivity contribution in [2.45, 2.75) is 31.8 Å². The summed E-state index contributed by atoms with van der Waals surface area (Å²) in [5.41, 5.74) is 7.62. The van der Waals surface area contributed by atoms with Crippen LogP contribution in [0.2, 0.25) is 0 Å². The van der Waals surface area contributed by atoms with Crippen LogP contribution in [-0.2, 0) is 16.1 Å². The second-order valence-corrected chi connectivity index (χ2v) is 7.06. The lowest BCUT2D eigenvalue weighted by molar-refractivity contribution is -0.133. The van der Waals surface area contributed by atoms with E-state index in [1.165, 1.54) is 5.56 Å². The van der Waals surface area contributed by atoms with Gasteiger partial charge < -0.3 is 10.6 Å². The molecule has 2 N–H and O–H groups in total. The number of likely N-dealkylation sites (tertiary alicyclic amines) is 1. The fourth-order valence-electron chi connectivity index (χ4n) is 3.68. The fourth-order valence-corrected chi connectivity index (χ4v) is 3.68. The van der Waals surface area contributed by atoms with Crippen molar-refractivity contribution < 1.29 is 9.59 Å². The summed E-state index contributed by atoms with van der Waals surface area (Å²) in [5.74, 6) is -0.341. The topological polar surface area (TPSA) is 66.6 Å². The highest BCUT2D eigenvalue weighted by Crippen LogP contribution is 2.31. The number of nitrogens with zero attached hydrogens (tertiary/aromatic N) is 2. The van der Waals surface area contributed by atoms with Crippen molar-refractivity contribution in [2.75, 3.05) is 19.6 Å². The van der Waals surface area contributed by atoms with E-state index < -0.39 is 0 Å². The van der Waals surface area contributed by atoms with Crippen LogP contribution in [0.4, 0.5) is 0 Å². The molecule has 2 aromatic rings. The van der Waals surface area contributed by atoms with Gasteiger partial charge in [-0.25, -0.2) is 0 Å². The molecule has 0 aromatic heterocycles. The van der Waals surface area contributed by atoms with Gasteiger partial charge in [-0.1, -0.05) is 60.7 Å². The zero-order valence-electron chi connectivity index (χ0n) is 15.6. The Morgan fingerprint density at radius 1 is 1.04 bits per heavy atom.